The Hall–Kier alpha value is -4.46. The number of rotatable bonds is 8. The van der Waals surface area contributed by atoms with Crippen molar-refractivity contribution in [1.29, 1.82) is 0 Å². The summed E-state index contributed by atoms with van der Waals surface area (Å²) in [5.74, 6) is -0.444. The van der Waals surface area contributed by atoms with Gasteiger partial charge in [0.25, 0.3) is 5.69 Å². The molecule has 0 unspecified atom stereocenters. The maximum atomic E-state index is 13.3. The van der Waals surface area contributed by atoms with Gasteiger partial charge >= 0.3 is 6.09 Å². The van der Waals surface area contributed by atoms with E-state index in [9.17, 15) is 19.7 Å². The number of ketones is 1. The zero-order chi connectivity index (χ0) is 23.2. The second-order valence-electron chi connectivity index (χ2n) is 7.49. The highest BCUT2D eigenvalue weighted by Gasteiger charge is 2.25. The van der Waals surface area contributed by atoms with Crippen LogP contribution in [0.4, 0.5) is 10.5 Å². The maximum absolute atomic E-state index is 13.3. The number of nitrogens with zero attached hydrogens (tertiary/aromatic N) is 1. The first-order chi connectivity index (χ1) is 16.0. The number of nitrogens with one attached hydrogen (secondary N) is 2. The molecule has 0 bridgehead atoms. The molecule has 0 aliphatic rings. The van der Waals surface area contributed by atoms with Crippen LogP contribution >= 0.6 is 0 Å². The van der Waals surface area contributed by atoms with Gasteiger partial charge in [0.1, 0.15) is 6.61 Å². The Morgan fingerprint density at radius 1 is 1.00 bits per heavy atom. The molecule has 8 heteroatoms. The average Bonchev–Trinajstić information content (AvgIpc) is 3.25. The first-order valence-electron chi connectivity index (χ1n) is 10.3. The summed E-state index contributed by atoms with van der Waals surface area (Å²) in [6.45, 7) is 0.0531. The van der Waals surface area contributed by atoms with Gasteiger partial charge in [0.2, 0.25) is 0 Å². The molecular formula is C25H21N3O5. The van der Waals surface area contributed by atoms with Gasteiger partial charge in [0, 0.05) is 41.2 Å². The third kappa shape index (κ3) is 5.24. The minimum absolute atomic E-state index is 0.0531. The van der Waals surface area contributed by atoms with Crippen LogP contribution < -0.4 is 5.32 Å². The van der Waals surface area contributed by atoms with Gasteiger partial charge in [-0.05, 0) is 17.2 Å². The lowest BCUT2D eigenvalue weighted by Crippen LogP contribution is -2.42. The van der Waals surface area contributed by atoms with Crippen LogP contribution in [0.15, 0.2) is 85.1 Å². The smallest absolute Gasteiger partial charge is 0.408 e. The molecule has 166 valence electrons. The topological polar surface area (TPSA) is 114 Å². The number of carbonyl (C=O) groups is 2. The largest absolute Gasteiger partial charge is 0.445 e. The molecular weight excluding hydrogens is 422 g/mol. The summed E-state index contributed by atoms with van der Waals surface area (Å²) < 4.78 is 5.29. The minimum Gasteiger partial charge on any atom is -0.445 e. The highest BCUT2D eigenvalue weighted by Crippen LogP contribution is 2.21. The summed E-state index contributed by atoms with van der Waals surface area (Å²) in [6.07, 6.45) is 1.23. The van der Waals surface area contributed by atoms with Crippen LogP contribution in [-0.4, -0.2) is 27.8 Å². The molecule has 0 aliphatic heterocycles. The van der Waals surface area contributed by atoms with E-state index in [-0.39, 0.29) is 24.3 Å². The third-order valence-corrected chi connectivity index (χ3v) is 5.26. The van der Waals surface area contributed by atoms with Gasteiger partial charge in [0.15, 0.2) is 5.78 Å². The van der Waals surface area contributed by atoms with Crippen molar-refractivity contribution >= 4 is 28.5 Å². The predicted molar refractivity (Wildman–Crippen MR) is 123 cm³/mol. The Bertz CT molecular complexity index is 1300. The van der Waals surface area contributed by atoms with E-state index in [2.05, 4.69) is 10.3 Å². The van der Waals surface area contributed by atoms with Crippen molar-refractivity contribution in [3.8, 4) is 0 Å². The number of alkyl carbamates (subject to hydrolysis) is 1. The van der Waals surface area contributed by atoms with Crippen molar-refractivity contribution in [1.82, 2.24) is 10.3 Å². The Kier molecular flexibility index (Phi) is 6.45. The van der Waals surface area contributed by atoms with Gasteiger partial charge in [-0.3, -0.25) is 14.9 Å². The molecule has 2 N–H and O–H groups in total. The first kappa shape index (κ1) is 21.8. The molecule has 1 heterocycles. The fraction of sp³-hybridized carbons (Fsp3) is 0.120. The van der Waals surface area contributed by atoms with Gasteiger partial charge in [-0.25, -0.2) is 4.79 Å². The van der Waals surface area contributed by atoms with Crippen molar-refractivity contribution in [2.45, 2.75) is 19.1 Å². The Morgan fingerprint density at radius 2 is 1.76 bits per heavy atom. The van der Waals surface area contributed by atoms with E-state index in [1.807, 2.05) is 54.6 Å². The molecule has 1 amide bonds. The maximum Gasteiger partial charge on any atom is 0.408 e. The van der Waals surface area contributed by atoms with Crippen molar-refractivity contribution in [2.24, 2.45) is 0 Å². The molecule has 0 aliphatic carbocycles. The van der Waals surface area contributed by atoms with Crippen LogP contribution in [0.5, 0.6) is 0 Å². The van der Waals surface area contributed by atoms with Crippen molar-refractivity contribution in [3.63, 3.8) is 0 Å². The van der Waals surface area contributed by atoms with E-state index >= 15 is 0 Å². The molecule has 0 saturated carbocycles. The van der Waals surface area contributed by atoms with Gasteiger partial charge in [-0.15, -0.1) is 0 Å². The number of carbonyl (C=O) groups excluding carboxylic acids is 2. The lowest BCUT2D eigenvalue weighted by molar-refractivity contribution is -0.384. The number of Topliss-reactive ketones (excluding diaryl/α,β-unsaturated/α-hetero) is 1. The fourth-order valence-corrected chi connectivity index (χ4v) is 3.61. The zero-order valence-corrected chi connectivity index (χ0v) is 17.6. The van der Waals surface area contributed by atoms with E-state index in [0.29, 0.717) is 0 Å². The number of amides is 1. The molecule has 0 spiro atoms. The molecule has 33 heavy (non-hydrogen) atoms. The molecule has 4 rings (SSSR count). The van der Waals surface area contributed by atoms with E-state index < -0.39 is 22.8 Å². The van der Waals surface area contributed by atoms with Crippen LogP contribution in [0.1, 0.15) is 21.5 Å². The second kappa shape index (κ2) is 9.78. The first-order valence-corrected chi connectivity index (χ1v) is 10.3. The third-order valence-electron chi connectivity index (χ3n) is 5.26. The van der Waals surface area contributed by atoms with E-state index in [1.54, 1.807) is 6.20 Å². The van der Waals surface area contributed by atoms with Gasteiger partial charge in [0.05, 0.1) is 11.0 Å². The highest BCUT2D eigenvalue weighted by atomic mass is 16.6. The van der Waals surface area contributed by atoms with Crippen LogP contribution in [0.2, 0.25) is 0 Å². The van der Waals surface area contributed by atoms with E-state index in [0.717, 1.165) is 22.0 Å². The van der Waals surface area contributed by atoms with Crippen LogP contribution in [-0.2, 0) is 17.8 Å². The summed E-state index contributed by atoms with van der Waals surface area (Å²) in [6, 6.07) is 21.3. The highest BCUT2D eigenvalue weighted by molar-refractivity contribution is 6.02. The number of ether oxygens (including phenoxy) is 1. The molecule has 0 saturated heterocycles. The van der Waals surface area contributed by atoms with E-state index in [1.165, 1.54) is 24.3 Å². The number of hydrogen-bond acceptors (Lipinski definition) is 5. The number of non-ortho nitro benzene ring substituents is 1. The Balaban J connectivity index is 1.57. The molecule has 0 radical (unpaired) electrons. The quantitative estimate of drug-likeness (QED) is 0.231. The van der Waals surface area contributed by atoms with Crippen LogP contribution in [0, 0.1) is 10.1 Å². The number of fused-ring (bicyclic) bond motifs is 1. The minimum atomic E-state index is -0.977. The Labute approximate surface area is 189 Å². The number of aromatic amines is 1. The summed E-state index contributed by atoms with van der Waals surface area (Å²) in [5.41, 5.74) is 2.49. The summed E-state index contributed by atoms with van der Waals surface area (Å²) in [5, 5.41) is 14.7. The number of nitro benzene ring substituents is 1. The standard InChI is InChI=1S/C25H21N3O5/c29-24(18-9-6-10-20(13-18)28(31)32)23(14-19-15-26-22-12-5-4-11-21(19)22)27-25(30)33-16-17-7-2-1-3-8-17/h1-13,15,23,26H,14,16H2,(H,27,30)/t23-/m0/s1. The van der Waals surface area contributed by atoms with Crippen LogP contribution in [0.25, 0.3) is 10.9 Å². The van der Waals surface area contributed by atoms with Crippen molar-refractivity contribution in [2.75, 3.05) is 0 Å². The molecule has 1 atom stereocenters. The predicted octanol–water partition coefficient (Wildman–Crippen LogP) is 4.80. The normalized spacial score (nSPS) is 11.6. The number of nitro groups is 1. The lowest BCUT2D eigenvalue weighted by atomic mass is 9.97. The number of para-hydroxylation sites is 1. The monoisotopic (exact) mass is 443 g/mol. The van der Waals surface area contributed by atoms with Gasteiger partial charge in [-0.1, -0.05) is 60.7 Å². The summed E-state index contributed by atoms with van der Waals surface area (Å²) in [4.78, 5) is 39.6. The number of benzene rings is 3. The lowest BCUT2D eigenvalue weighted by Gasteiger charge is -2.18. The molecule has 8 nitrogen and oxygen atoms in total. The molecule has 1 aromatic heterocycles. The Morgan fingerprint density at radius 3 is 2.55 bits per heavy atom. The van der Waals surface area contributed by atoms with Gasteiger partial charge < -0.3 is 15.0 Å². The second-order valence-corrected chi connectivity index (χ2v) is 7.49. The van der Waals surface area contributed by atoms with Crippen molar-refractivity contribution < 1.29 is 19.2 Å². The number of hydrogen-bond donors (Lipinski definition) is 2. The molecule has 4 aromatic rings. The van der Waals surface area contributed by atoms with Crippen LogP contribution in [0.3, 0.4) is 0 Å². The number of H-pyrrole nitrogens is 1. The number of aromatic nitrogens is 1. The fourth-order valence-electron chi connectivity index (χ4n) is 3.61. The summed E-state index contributed by atoms with van der Waals surface area (Å²) >= 11 is 0. The van der Waals surface area contributed by atoms with Crippen molar-refractivity contribution in [3.05, 3.63) is 112 Å². The molecule has 0 fully saturated rings. The summed E-state index contributed by atoms with van der Waals surface area (Å²) in [7, 11) is 0. The SMILES string of the molecule is O=C(N[C@@H](Cc1c[nH]c2ccccc12)C(=O)c1cccc([N+](=O)[O-])c1)OCc1ccccc1. The average molecular weight is 443 g/mol. The zero-order valence-electron chi connectivity index (χ0n) is 17.6. The molecule has 3 aromatic carbocycles. The van der Waals surface area contributed by atoms with Gasteiger partial charge in [-0.2, -0.15) is 0 Å². The van der Waals surface area contributed by atoms with E-state index in [4.69, 9.17) is 4.74 Å².